The Morgan fingerprint density at radius 1 is 1.27 bits per heavy atom. The maximum absolute atomic E-state index is 13.3. The molecule has 30 heavy (non-hydrogen) atoms. The van der Waals surface area contributed by atoms with E-state index in [0.717, 1.165) is 17.7 Å². The van der Waals surface area contributed by atoms with Crippen LogP contribution < -0.4 is 5.32 Å². The summed E-state index contributed by atoms with van der Waals surface area (Å²) in [6, 6.07) is 7.96. The third-order valence-electron chi connectivity index (χ3n) is 6.03. The summed E-state index contributed by atoms with van der Waals surface area (Å²) < 4.78 is 13.2. The molecule has 7 heteroatoms. The first-order chi connectivity index (χ1) is 14.3. The van der Waals surface area contributed by atoms with Crippen LogP contribution in [0, 0.1) is 11.7 Å². The molecule has 1 saturated heterocycles. The molecule has 0 spiro atoms. The molecule has 1 aliphatic rings. The first kappa shape index (κ1) is 22.4. The van der Waals surface area contributed by atoms with Crippen molar-refractivity contribution >= 4 is 23.2 Å². The summed E-state index contributed by atoms with van der Waals surface area (Å²) in [6.45, 7) is 6.12. The molecule has 1 aromatic carbocycles. The lowest BCUT2D eigenvalue weighted by molar-refractivity contribution is -0.147. The van der Waals surface area contributed by atoms with E-state index in [1.807, 2.05) is 36.3 Å². The van der Waals surface area contributed by atoms with Crippen molar-refractivity contribution in [1.29, 1.82) is 0 Å². The largest absolute Gasteiger partial charge is 0.388 e. The van der Waals surface area contributed by atoms with Crippen LogP contribution in [0.5, 0.6) is 0 Å². The fourth-order valence-corrected chi connectivity index (χ4v) is 4.99. The highest BCUT2D eigenvalue weighted by atomic mass is 32.1. The third-order valence-corrected chi connectivity index (χ3v) is 6.97. The molecule has 1 fully saturated rings. The summed E-state index contributed by atoms with van der Waals surface area (Å²) in [4.78, 5) is 28.9. The average Bonchev–Trinajstić information content (AvgIpc) is 3.25. The van der Waals surface area contributed by atoms with E-state index in [-0.39, 0.29) is 11.8 Å². The van der Waals surface area contributed by atoms with E-state index in [2.05, 4.69) is 5.32 Å². The molecule has 3 unspecified atom stereocenters. The zero-order chi connectivity index (χ0) is 21.9. The first-order valence-electron chi connectivity index (χ1n) is 10.4. The quantitative estimate of drug-likeness (QED) is 0.721. The number of amides is 2. The Labute approximate surface area is 180 Å². The van der Waals surface area contributed by atoms with Crippen molar-refractivity contribution in [1.82, 2.24) is 10.2 Å². The van der Waals surface area contributed by atoms with Crippen molar-refractivity contribution in [2.24, 2.45) is 5.92 Å². The van der Waals surface area contributed by atoms with Gasteiger partial charge < -0.3 is 15.3 Å². The Morgan fingerprint density at radius 2 is 1.93 bits per heavy atom. The lowest BCUT2D eigenvalue weighted by Gasteiger charge is -2.49. The van der Waals surface area contributed by atoms with Crippen LogP contribution >= 0.6 is 11.3 Å². The van der Waals surface area contributed by atoms with Gasteiger partial charge in [0.15, 0.2) is 0 Å². The number of nitrogens with one attached hydrogen (secondary N) is 1. The monoisotopic (exact) mass is 432 g/mol. The first-order valence-corrected chi connectivity index (χ1v) is 11.3. The van der Waals surface area contributed by atoms with Crippen LogP contribution in [0.25, 0.3) is 0 Å². The minimum Gasteiger partial charge on any atom is -0.388 e. The smallest absolute Gasteiger partial charge is 0.251 e. The van der Waals surface area contributed by atoms with E-state index >= 15 is 0 Å². The van der Waals surface area contributed by atoms with Gasteiger partial charge in [0, 0.05) is 22.9 Å². The van der Waals surface area contributed by atoms with Gasteiger partial charge in [-0.1, -0.05) is 19.9 Å². The summed E-state index contributed by atoms with van der Waals surface area (Å²) in [5, 5.41) is 16.1. The van der Waals surface area contributed by atoms with Crippen molar-refractivity contribution in [3.63, 3.8) is 0 Å². The third kappa shape index (κ3) is 4.57. The Hall–Kier alpha value is -2.25. The number of thiophene rings is 1. The SMILES string of the molecule is CCC(CC)C(=O)N1CCC(C)(O)C(NC(=O)c2ccc(F)cc2)C1c1cccs1. The molecule has 0 bridgehead atoms. The lowest BCUT2D eigenvalue weighted by Crippen LogP contribution is -2.63. The van der Waals surface area contributed by atoms with Crippen LogP contribution in [0.3, 0.4) is 0 Å². The van der Waals surface area contributed by atoms with Crippen molar-refractivity contribution in [3.05, 3.63) is 58.0 Å². The topological polar surface area (TPSA) is 69.6 Å². The van der Waals surface area contributed by atoms with Crippen LogP contribution in [-0.2, 0) is 4.79 Å². The summed E-state index contributed by atoms with van der Waals surface area (Å²) in [6.07, 6.45) is 1.84. The number of likely N-dealkylation sites (tertiary alicyclic amines) is 1. The Morgan fingerprint density at radius 3 is 2.50 bits per heavy atom. The van der Waals surface area contributed by atoms with Gasteiger partial charge in [0.2, 0.25) is 5.91 Å². The van der Waals surface area contributed by atoms with E-state index in [0.29, 0.717) is 18.5 Å². The minimum absolute atomic E-state index is 0.0509. The zero-order valence-corrected chi connectivity index (χ0v) is 18.4. The molecule has 1 aromatic heterocycles. The van der Waals surface area contributed by atoms with E-state index in [4.69, 9.17) is 0 Å². The molecule has 2 heterocycles. The Kier molecular flexibility index (Phi) is 6.93. The van der Waals surface area contributed by atoms with E-state index in [9.17, 15) is 19.1 Å². The molecule has 0 saturated carbocycles. The molecule has 5 nitrogen and oxygen atoms in total. The van der Waals surface area contributed by atoms with Gasteiger partial charge in [-0.05, 0) is 61.9 Å². The van der Waals surface area contributed by atoms with Crippen LogP contribution in [0.1, 0.15) is 61.3 Å². The molecule has 2 N–H and O–H groups in total. The van der Waals surface area contributed by atoms with E-state index in [1.54, 1.807) is 6.92 Å². The van der Waals surface area contributed by atoms with Gasteiger partial charge >= 0.3 is 0 Å². The molecular weight excluding hydrogens is 403 g/mol. The highest BCUT2D eigenvalue weighted by Crippen LogP contribution is 2.40. The van der Waals surface area contributed by atoms with Gasteiger partial charge in [-0.25, -0.2) is 4.39 Å². The van der Waals surface area contributed by atoms with E-state index in [1.165, 1.54) is 35.6 Å². The number of halogens is 1. The second kappa shape index (κ2) is 9.27. The normalized spacial score (nSPS) is 24.1. The number of carbonyl (C=O) groups excluding carboxylic acids is 2. The number of benzene rings is 1. The average molecular weight is 433 g/mol. The van der Waals surface area contributed by atoms with Gasteiger partial charge in [-0.3, -0.25) is 9.59 Å². The maximum atomic E-state index is 13.3. The predicted octanol–water partition coefficient (Wildman–Crippen LogP) is 4.15. The molecule has 1 aliphatic heterocycles. The van der Waals surface area contributed by atoms with Crippen LogP contribution in [-0.4, -0.2) is 40.0 Å². The fraction of sp³-hybridized carbons (Fsp3) is 0.478. The standard InChI is InChI=1S/C23H29FN2O3S/c1-4-15(5-2)22(28)26-13-12-23(3,29)20(19(26)18-7-6-14-30-18)25-21(27)16-8-10-17(24)11-9-16/h6-11,14-15,19-20,29H,4-5,12-13H2,1-3H3,(H,25,27). The molecule has 2 aromatic rings. The highest BCUT2D eigenvalue weighted by molar-refractivity contribution is 7.10. The van der Waals surface area contributed by atoms with E-state index < -0.39 is 29.4 Å². The number of piperidine rings is 1. The molecule has 162 valence electrons. The van der Waals surface area contributed by atoms with Gasteiger partial charge in [-0.15, -0.1) is 11.3 Å². The van der Waals surface area contributed by atoms with Gasteiger partial charge in [0.25, 0.3) is 5.91 Å². The number of hydrogen-bond acceptors (Lipinski definition) is 4. The maximum Gasteiger partial charge on any atom is 0.251 e. The second-order valence-electron chi connectivity index (χ2n) is 8.07. The summed E-state index contributed by atoms with van der Waals surface area (Å²) in [5.41, 5.74) is -0.893. The molecular formula is C23H29FN2O3S. The molecule has 3 rings (SSSR count). The summed E-state index contributed by atoms with van der Waals surface area (Å²) >= 11 is 1.50. The van der Waals surface area contributed by atoms with Gasteiger partial charge in [0.05, 0.1) is 17.7 Å². The number of nitrogens with zero attached hydrogens (tertiary/aromatic N) is 1. The predicted molar refractivity (Wildman–Crippen MR) is 116 cm³/mol. The van der Waals surface area contributed by atoms with Crippen molar-refractivity contribution in [3.8, 4) is 0 Å². The number of rotatable bonds is 6. The van der Waals surface area contributed by atoms with Crippen LogP contribution in [0.4, 0.5) is 4.39 Å². The van der Waals surface area contributed by atoms with Gasteiger partial charge in [-0.2, -0.15) is 0 Å². The second-order valence-corrected chi connectivity index (χ2v) is 9.05. The Bertz CT molecular complexity index is 863. The van der Waals surface area contributed by atoms with Crippen molar-refractivity contribution in [2.75, 3.05) is 6.54 Å². The lowest BCUT2D eigenvalue weighted by atomic mass is 9.80. The van der Waals surface area contributed by atoms with Crippen LogP contribution in [0.2, 0.25) is 0 Å². The zero-order valence-electron chi connectivity index (χ0n) is 17.6. The summed E-state index contributed by atoms with van der Waals surface area (Å²) in [7, 11) is 0. The molecule has 0 radical (unpaired) electrons. The number of carbonyl (C=O) groups is 2. The number of hydrogen-bond donors (Lipinski definition) is 2. The summed E-state index contributed by atoms with van der Waals surface area (Å²) in [5.74, 6) is -0.868. The Balaban J connectivity index is 1.96. The fourth-order valence-electron chi connectivity index (χ4n) is 4.12. The van der Waals surface area contributed by atoms with Crippen molar-refractivity contribution in [2.45, 2.75) is 57.7 Å². The molecule has 3 atom stereocenters. The highest BCUT2D eigenvalue weighted by Gasteiger charge is 2.48. The van der Waals surface area contributed by atoms with Gasteiger partial charge in [0.1, 0.15) is 5.82 Å². The molecule has 2 amide bonds. The minimum atomic E-state index is -1.20. The van der Waals surface area contributed by atoms with Crippen LogP contribution in [0.15, 0.2) is 41.8 Å². The molecule has 0 aliphatic carbocycles. The number of aliphatic hydroxyl groups is 1. The van der Waals surface area contributed by atoms with Crippen molar-refractivity contribution < 1.29 is 19.1 Å².